The molecule has 2 aromatic heterocycles. The average molecular weight is 681 g/mol. The first-order valence-electron chi connectivity index (χ1n) is 17.8. The Morgan fingerprint density at radius 3 is 1.64 bits per heavy atom. The number of hydrogen-bond acceptors (Lipinski definition) is 4. The summed E-state index contributed by atoms with van der Waals surface area (Å²) in [6.07, 6.45) is 0. The highest BCUT2D eigenvalue weighted by Crippen LogP contribution is 2.45. The van der Waals surface area contributed by atoms with Crippen LogP contribution in [0.1, 0.15) is 0 Å². The summed E-state index contributed by atoms with van der Waals surface area (Å²) in [4.78, 5) is 7.41. The summed E-state index contributed by atoms with van der Waals surface area (Å²) in [5, 5.41) is 2.04. The third-order valence-electron chi connectivity index (χ3n) is 9.92. The molecule has 0 unspecified atom stereocenters. The first-order chi connectivity index (χ1) is 26.3. The van der Waals surface area contributed by atoms with Crippen molar-refractivity contribution in [2.45, 2.75) is 0 Å². The molecule has 0 aliphatic heterocycles. The minimum absolute atomic E-state index is 0.582. The molecule has 0 N–H and O–H groups in total. The van der Waals surface area contributed by atoms with E-state index in [2.05, 4.69) is 144 Å². The van der Waals surface area contributed by atoms with Crippen LogP contribution in [-0.2, 0) is 0 Å². The lowest BCUT2D eigenvalue weighted by atomic mass is 9.99. The van der Waals surface area contributed by atoms with Gasteiger partial charge < -0.3 is 13.7 Å². The topological polar surface area (TPSA) is 42.4 Å². The maximum absolute atomic E-state index is 6.60. The van der Waals surface area contributed by atoms with Gasteiger partial charge in [0.2, 0.25) is 5.89 Å². The molecule has 8 aromatic carbocycles. The predicted octanol–water partition coefficient (Wildman–Crippen LogP) is 13.9. The SMILES string of the molecule is c1ccc(-c2ccc(N(c3ccc(-c4c5nc(-c6ccccc6)oc5cc5c4oc4ccccc45)cc3)c3ccccc3-c3ccccc3)cc2)cc1. The van der Waals surface area contributed by atoms with Crippen molar-refractivity contribution in [3.8, 4) is 44.8 Å². The number of oxazole rings is 1. The molecule has 0 amide bonds. The molecule has 0 atom stereocenters. The van der Waals surface area contributed by atoms with Crippen molar-refractivity contribution in [3.63, 3.8) is 0 Å². The van der Waals surface area contributed by atoms with Crippen molar-refractivity contribution >= 4 is 50.1 Å². The summed E-state index contributed by atoms with van der Waals surface area (Å²) in [5.74, 6) is 0.582. The van der Waals surface area contributed by atoms with Crippen molar-refractivity contribution in [1.29, 1.82) is 0 Å². The van der Waals surface area contributed by atoms with Crippen molar-refractivity contribution in [2.24, 2.45) is 0 Å². The van der Waals surface area contributed by atoms with Crippen molar-refractivity contribution in [1.82, 2.24) is 4.98 Å². The van der Waals surface area contributed by atoms with Gasteiger partial charge in [0.15, 0.2) is 5.58 Å². The van der Waals surface area contributed by atoms with E-state index >= 15 is 0 Å². The van der Waals surface area contributed by atoms with Gasteiger partial charge in [0.05, 0.1) is 11.3 Å². The minimum Gasteiger partial charge on any atom is -0.455 e. The van der Waals surface area contributed by atoms with Gasteiger partial charge in [-0.3, -0.25) is 0 Å². The Balaban J connectivity index is 1.15. The van der Waals surface area contributed by atoms with Gasteiger partial charge in [-0.05, 0) is 76.9 Å². The number of anilines is 3. The number of para-hydroxylation sites is 2. The maximum atomic E-state index is 6.60. The highest BCUT2D eigenvalue weighted by atomic mass is 16.4. The second-order valence-corrected chi connectivity index (χ2v) is 13.1. The molecule has 2 heterocycles. The van der Waals surface area contributed by atoms with Crippen molar-refractivity contribution in [3.05, 3.63) is 194 Å². The summed E-state index contributed by atoms with van der Waals surface area (Å²) in [5.41, 5.74) is 13.8. The van der Waals surface area contributed by atoms with E-state index in [1.54, 1.807) is 0 Å². The number of fused-ring (bicyclic) bond motifs is 4. The van der Waals surface area contributed by atoms with E-state index in [4.69, 9.17) is 13.8 Å². The zero-order chi connectivity index (χ0) is 35.1. The van der Waals surface area contributed by atoms with Crippen molar-refractivity contribution in [2.75, 3.05) is 4.90 Å². The maximum Gasteiger partial charge on any atom is 0.227 e. The first-order valence-corrected chi connectivity index (χ1v) is 17.8. The predicted molar refractivity (Wildman–Crippen MR) is 218 cm³/mol. The third kappa shape index (κ3) is 5.45. The van der Waals surface area contributed by atoms with Crippen LogP contribution in [0.25, 0.3) is 77.9 Å². The molecule has 0 bridgehead atoms. The lowest BCUT2D eigenvalue weighted by Gasteiger charge is -2.28. The Morgan fingerprint density at radius 1 is 0.396 bits per heavy atom. The molecule has 0 saturated carbocycles. The molecule has 0 fully saturated rings. The number of hydrogen-bond donors (Lipinski definition) is 0. The molecule has 10 rings (SSSR count). The molecule has 0 saturated heterocycles. The molecule has 10 aromatic rings. The third-order valence-corrected chi connectivity index (χ3v) is 9.92. The van der Waals surface area contributed by atoms with Gasteiger partial charge in [0.25, 0.3) is 0 Å². The lowest BCUT2D eigenvalue weighted by molar-refractivity contribution is 0.620. The molecular weight excluding hydrogens is 649 g/mol. The molecule has 53 heavy (non-hydrogen) atoms. The molecule has 4 nitrogen and oxygen atoms in total. The van der Waals surface area contributed by atoms with E-state index in [0.29, 0.717) is 5.89 Å². The molecule has 250 valence electrons. The second-order valence-electron chi connectivity index (χ2n) is 13.1. The normalized spacial score (nSPS) is 11.4. The molecular formula is C49H32N2O2. The molecule has 0 aliphatic carbocycles. The lowest BCUT2D eigenvalue weighted by Crippen LogP contribution is -2.11. The van der Waals surface area contributed by atoms with Crippen LogP contribution in [0.15, 0.2) is 203 Å². The van der Waals surface area contributed by atoms with Crippen LogP contribution in [-0.4, -0.2) is 4.98 Å². The van der Waals surface area contributed by atoms with E-state index in [9.17, 15) is 0 Å². The number of furan rings is 1. The van der Waals surface area contributed by atoms with E-state index in [1.807, 2.05) is 54.6 Å². The van der Waals surface area contributed by atoms with Gasteiger partial charge in [0.1, 0.15) is 16.7 Å². The van der Waals surface area contributed by atoms with Crippen LogP contribution in [0.2, 0.25) is 0 Å². The number of benzene rings is 8. The van der Waals surface area contributed by atoms with E-state index in [1.165, 1.54) is 11.1 Å². The molecule has 4 heteroatoms. The average Bonchev–Trinajstić information content (AvgIpc) is 3.83. The zero-order valence-corrected chi connectivity index (χ0v) is 28.7. The van der Waals surface area contributed by atoms with Gasteiger partial charge in [-0.1, -0.05) is 140 Å². The van der Waals surface area contributed by atoms with Crippen LogP contribution in [0.4, 0.5) is 17.1 Å². The molecule has 0 radical (unpaired) electrons. The second kappa shape index (κ2) is 12.9. The summed E-state index contributed by atoms with van der Waals surface area (Å²) in [6, 6.07) is 67.5. The summed E-state index contributed by atoms with van der Waals surface area (Å²) in [7, 11) is 0. The highest BCUT2D eigenvalue weighted by Gasteiger charge is 2.22. The molecule has 0 aliphatic rings. The van der Waals surface area contributed by atoms with Crippen LogP contribution in [0, 0.1) is 0 Å². The number of aromatic nitrogens is 1. The van der Waals surface area contributed by atoms with E-state index in [-0.39, 0.29) is 0 Å². The monoisotopic (exact) mass is 680 g/mol. The van der Waals surface area contributed by atoms with Crippen LogP contribution < -0.4 is 4.90 Å². The van der Waals surface area contributed by atoms with Gasteiger partial charge >= 0.3 is 0 Å². The fourth-order valence-electron chi connectivity index (χ4n) is 7.38. The zero-order valence-electron chi connectivity index (χ0n) is 28.7. The van der Waals surface area contributed by atoms with E-state index < -0.39 is 0 Å². The standard InChI is InChI=1S/C49H32N2O2/c1-4-14-33(15-5-1)34-24-28-38(29-25-34)51(43-22-12-10-20-40(43)35-16-6-2-7-17-35)39-30-26-36(27-31-39)46-47-45(53-49(50-47)37-18-8-3-9-19-37)32-42-41-21-11-13-23-44(41)52-48(42)46/h1-32H. The Hall–Kier alpha value is -7.17. The Morgan fingerprint density at radius 2 is 0.943 bits per heavy atom. The minimum atomic E-state index is 0.582. The number of rotatable bonds is 7. The largest absolute Gasteiger partial charge is 0.455 e. The fourth-order valence-corrected chi connectivity index (χ4v) is 7.38. The number of nitrogens with zero attached hydrogens (tertiary/aromatic N) is 2. The highest BCUT2D eigenvalue weighted by molar-refractivity contribution is 6.16. The quantitative estimate of drug-likeness (QED) is 0.168. The first kappa shape index (κ1) is 30.6. The molecule has 0 spiro atoms. The van der Waals surface area contributed by atoms with E-state index in [0.717, 1.165) is 77.9 Å². The Bertz CT molecular complexity index is 2860. The van der Waals surface area contributed by atoms with Gasteiger partial charge in [-0.15, -0.1) is 0 Å². The smallest absolute Gasteiger partial charge is 0.227 e. The summed E-state index contributed by atoms with van der Waals surface area (Å²) < 4.78 is 13.1. The van der Waals surface area contributed by atoms with Crippen LogP contribution >= 0.6 is 0 Å². The summed E-state index contributed by atoms with van der Waals surface area (Å²) >= 11 is 0. The van der Waals surface area contributed by atoms with Crippen molar-refractivity contribution < 1.29 is 8.83 Å². The fraction of sp³-hybridized carbons (Fsp3) is 0. The Labute approximate surface area is 306 Å². The van der Waals surface area contributed by atoms with Crippen LogP contribution in [0.5, 0.6) is 0 Å². The van der Waals surface area contributed by atoms with Gasteiger partial charge in [-0.2, -0.15) is 0 Å². The van der Waals surface area contributed by atoms with Crippen LogP contribution in [0.3, 0.4) is 0 Å². The Kier molecular flexibility index (Phi) is 7.43. The van der Waals surface area contributed by atoms with Gasteiger partial charge in [0, 0.05) is 33.3 Å². The van der Waals surface area contributed by atoms with Gasteiger partial charge in [-0.25, -0.2) is 4.98 Å². The summed E-state index contributed by atoms with van der Waals surface area (Å²) in [6.45, 7) is 0.